The molecule has 1 aromatic heterocycles. The summed E-state index contributed by atoms with van der Waals surface area (Å²) in [7, 11) is 0. The van der Waals surface area contributed by atoms with Crippen molar-refractivity contribution in [3.63, 3.8) is 0 Å². The second kappa shape index (κ2) is 8.01. The molecule has 0 amide bonds. The Morgan fingerprint density at radius 3 is 2.27 bits per heavy atom. The minimum atomic E-state index is -1.41. The fourth-order valence-corrected chi connectivity index (χ4v) is 2.87. The summed E-state index contributed by atoms with van der Waals surface area (Å²) >= 11 is 1.72. The van der Waals surface area contributed by atoms with Gasteiger partial charge < -0.3 is 19.0 Å². The van der Waals surface area contributed by atoms with Crippen LogP contribution in [0.2, 0.25) is 0 Å². The maximum absolute atomic E-state index is 10.5. The summed E-state index contributed by atoms with van der Waals surface area (Å²) in [4.78, 5) is 11.8. The van der Waals surface area contributed by atoms with Crippen LogP contribution in [-0.2, 0) is 6.61 Å². The van der Waals surface area contributed by atoms with E-state index >= 15 is 0 Å². The molecule has 0 saturated carbocycles. The molecule has 5 nitrogen and oxygen atoms in total. The van der Waals surface area contributed by atoms with Crippen LogP contribution in [0.5, 0.6) is 11.7 Å². The van der Waals surface area contributed by atoms with Crippen molar-refractivity contribution in [3.05, 3.63) is 65.9 Å². The Kier molecular flexibility index (Phi) is 5.53. The summed E-state index contributed by atoms with van der Waals surface area (Å²) in [5, 5.41) is 8.61. The van der Waals surface area contributed by atoms with Crippen LogP contribution in [0.4, 0.5) is 4.79 Å². The number of hydrogen-bond donors (Lipinski definition) is 1. The van der Waals surface area contributed by atoms with Crippen LogP contribution in [0.15, 0.2) is 63.9 Å². The molecule has 1 N–H and O–H groups in total. The molecule has 0 unspecified atom stereocenters. The minimum absolute atomic E-state index is 0.0577. The Morgan fingerprint density at radius 2 is 1.69 bits per heavy atom. The van der Waals surface area contributed by atoms with Crippen molar-refractivity contribution in [2.45, 2.75) is 18.4 Å². The molecular weight excluding hydrogens is 352 g/mol. The molecule has 0 bridgehead atoms. The van der Waals surface area contributed by atoms with Gasteiger partial charge >= 0.3 is 6.16 Å². The molecule has 0 saturated heterocycles. The summed E-state index contributed by atoms with van der Waals surface area (Å²) in [6.45, 7) is 1.99. The Morgan fingerprint density at radius 1 is 1.08 bits per heavy atom. The van der Waals surface area contributed by atoms with Crippen LogP contribution in [-0.4, -0.2) is 17.5 Å². The van der Waals surface area contributed by atoms with Gasteiger partial charge in [0.25, 0.3) is 5.95 Å². The maximum atomic E-state index is 10.5. The number of carboxylic acid groups (broad SMARTS) is 1. The highest BCUT2D eigenvalue weighted by Crippen LogP contribution is 2.26. The molecule has 0 aliphatic carbocycles. The molecule has 3 aromatic rings. The fourth-order valence-electron chi connectivity index (χ4n) is 2.46. The topological polar surface area (TPSA) is 68.9 Å². The van der Waals surface area contributed by atoms with Gasteiger partial charge in [-0.3, -0.25) is 0 Å². The quantitative estimate of drug-likeness (QED) is 0.449. The zero-order valence-electron chi connectivity index (χ0n) is 14.4. The molecule has 2 aromatic carbocycles. The van der Waals surface area contributed by atoms with E-state index in [1.54, 1.807) is 18.7 Å². The van der Waals surface area contributed by atoms with E-state index in [9.17, 15) is 4.79 Å². The van der Waals surface area contributed by atoms with Crippen LogP contribution >= 0.6 is 11.8 Å². The zero-order chi connectivity index (χ0) is 18.5. The van der Waals surface area contributed by atoms with Crippen molar-refractivity contribution in [3.8, 4) is 22.8 Å². The van der Waals surface area contributed by atoms with E-state index in [2.05, 4.69) is 35.3 Å². The molecule has 0 aliphatic heterocycles. The van der Waals surface area contributed by atoms with E-state index < -0.39 is 6.16 Å². The lowest BCUT2D eigenvalue weighted by Gasteiger charge is -2.07. The van der Waals surface area contributed by atoms with E-state index in [1.165, 1.54) is 11.0 Å². The van der Waals surface area contributed by atoms with Gasteiger partial charge in [0, 0.05) is 16.5 Å². The molecule has 0 aliphatic rings. The number of aryl methyl sites for hydroxylation is 1. The lowest BCUT2D eigenvalue weighted by atomic mass is 10.1. The molecule has 0 spiro atoms. The van der Waals surface area contributed by atoms with E-state index in [4.69, 9.17) is 14.3 Å². The molecule has 3 rings (SSSR count). The van der Waals surface area contributed by atoms with Crippen LogP contribution in [0, 0.1) is 6.92 Å². The summed E-state index contributed by atoms with van der Waals surface area (Å²) in [5.41, 5.74) is 3.00. The minimum Gasteiger partial charge on any atom is -0.489 e. The fraction of sp³-hybridized carbons (Fsp3) is 0.150. The van der Waals surface area contributed by atoms with Gasteiger partial charge in [0.15, 0.2) is 0 Å². The standard InChI is InChI=1S/C20H18O5S/c1-13-16(11-19(24-13)25-20(21)22)12-23-17-7-3-14(4-8-17)15-5-9-18(26-2)10-6-15/h3-11H,12H2,1-2H3,(H,21,22). The first-order chi connectivity index (χ1) is 12.5. The first-order valence-corrected chi connectivity index (χ1v) is 9.15. The molecule has 0 fully saturated rings. The van der Waals surface area contributed by atoms with Gasteiger partial charge in [0.2, 0.25) is 0 Å². The van der Waals surface area contributed by atoms with E-state index in [0.29, 0.717) is 5.76 Å². The monoisotopic (exact) mass is 370 g/mol. The number of ether oxygens (including phenoxy) is 2. The molecule has 1 heterocycles. The van der Waals surface area contributed by atoms with Crippen molar-refractivity contribution < 1.29 is 23.8 Å². The lowest BCUT2D eigenvalue weighted by molar-refractivity contribution is 0.132. The van der Waals surface area contributed by atoms with Gasteiger partial charge in [-0.2, -0.15) is 0 Å². The summed E-state index contributed by atoms with van der Waals surface area (Å²) in [6, 6.07) is 17.7. The third-order valence-electron chi connectivity index (χ3n) is 3.86. The van der Waals surface area contributed by atoms with Crippen molar-refractivity contribution in [1.82, 2.24) is 0 Å². The zero-order valence-corrected chi connectivity index (χ0v) is 15.2. The third kappa shape index (κ3) is 4.40. The molecule has 134 valence electrons. The highest BCUT2D eigenvalue weighted by molar-refractivity contribution is 7.98. The van der Waals surface area contributed by atoms with Crippen molar-refractivity contribution >= 4 is 17.9 Å². The van der Waals surface area contributed by atoms with Gasteiger partial charge in [-0.05, 0) is 48.6 Å². The molecule has 0 radical (unpaired) electrons. The number of carbonyl (C=O) groups is 1. The SMILES string of the molecule is CSc1ccc(-c2ccc(OCc3cc(OC(=O)O)oc3C)cc2)cc1. The number of benzene rings is 2. The predicted molar refractivity (Wildman–Crippen MR) is 100 cm³/mol. The first-order valence-electron chi connectivity index (χ1n) is 7.92. The number of rotatable bonds is 6. The van der Waals surface area contributed by atoms with Crippen LogP contribution < -0.4 is 9.47 Å². The maximum Gasteiger partial charge on any atom is 0.513 e. The van der Waals surface area contributed by atoms with Gasteiger partial charge in [-0.15, -0.1) is 11.8 Å². The smallest absolute Gasteiger partial charge is 0.489 e. The first kappa shape index (κ1) is 17.9. The molecule has 6 heteroatoms. The van der Waals surface area contributed by atoms with Gasteiger partial charge in [-0.1, -0.05) is 24.3 Å². The second-order valence-electron chi connectivity index (χ2n) is 5.56. The largest absolute Gasteiger partial charge is 0.513 e. The lowest BCUT2D eigenvalue weighted by Crippen LogP contribution is -2.01. The molecule has 26 heavy (non-hydrogen) atoms. The summed E-state index contributed by atoms with van der Waals surface area (Å²) in [5.74, 6) is 1.22. The molecule has 0 atom stereocenters. The van der Waals surface area contributed by atoms with E-state index in [0.717, 1.165) is 22.4 Å². The van der Waals surface area contributed by atoms with E-state index in [-0.39, 0.29) is 12.6 Å². The number of hydrogen-bond acceptors (Lipinski definition) is 5. The van der Waals surface area contributed by atoms with Gasteiger partial charge in [0.1, 0.15) is 18.1 Å². The Labute approximate surface area is 155 Å². The molecular formula is C20H18O5S. The van der Waals surface area contributed by atoms with Crippen LogP contribution in [0.1, 0.15) is 11.3 Å². The summed E-state index contributed by atoms with van der Waals surface area (Å²) in [6.07, 6.45) is 0.645. The summed E-state index contributed by atoms with van der Waals surface area (Å²) < 4.78 is 15.5. The van der Waals surface area contributed by atoms with Crippen molar-refractivity contribution in [2.75, 3.05) is 6.26 Å². The average Bonchev–Trinajstić information content (AvgIpc) is 2.99. The van der Waals surface area contributed by atoms with Gasteiger partial charge in [0.05, 0.1) is 0 Å². The van der Waals surface area contributed by atoms with Crippen molar-refractivity contribution in [2.24, 2.45) is 0 Å². The van der Waals surface area contributed by atoms with Gasteiger partial charge in [-0.25, -0.2) is 4.79 Å². The predicted octanol–water partition coefficient (Wildman–Crippen LogP) is 5.61. The Hall–Kier alpha value is -2.86. The highest BCUT2D eigenvalue weighted by atomic mass is 32.2. The Balaban J connectivity index is 1.64. The van der Waals surface area contributed by atoms with E-state index in [1.807, 2.05) is 24.3 Å². The second-order valence-corrected chi connectivity index (χ2v) is 6.44. The number of furan rings is 1. The van der Waals surface area contributed by atoms with Crippen LogP contribution in [0.3, 0.4) is 0 Å². The third-order valence-corrected chi connectivity index (χ3v) is 4.60. The number of thioether (sulfide) groups is 1. The highest BCUT2D eigenvalue weighted by Gasteiger charge is 2.12. The van der Waals surface area contributed by atoms with Crippen LogP contribution in [0.25, 0.3) is 11.1 Å². The van der Waals surface area contributed by atoms with Crippen molar-refractivity contribution in [1.29, 1.82) is 0 Å². The Bertz CT molecular complexity index is 882. The average molecular weight is 370 g/mol. The normalized spacial score (nSPS) is 10.5.